The Labute approximate surface area is 384 Å². The summed E-state index contributed by atoms with van der Waals surface area (Å²) in [5, 5.41) is 7.46. The molecule has 4 atom stereocenters. The van der Waals surface area contributed by atoms with E-state index >= 15 is 0 Å². The first kappa shape index (κ1) is 46.8. The van der Waals surface area contributed by atoms with E-state index in [0.717, 1.165) is 69.5 Å². The average molecular weight is 900 g/mol. The number of hydrogen-bond acceptors (Lipinski definition) is 10. The largest absolute Gasteiger partial charge is 0.453 e. The number of alkyl carbamates (subject to hydrolysis) is 2. The number of hydrogen-bond donors (Lipinski definition) is 4. The van der Waals surface area contributed by atoms with Gasteiger partial charge in [-0.1, -0.05) is 68.5 Å². The number of amides is 4. The third kappa shape index (κ3) is 10.8. The summed E-state index contributed by atoms with van der Waals surface area (Å²) in [5.74, 6) is 0.362. The van der Waals surface area contributed by atoms with Crippen molar-refractivity contribution in [1.82, 2.24) is 40.4 Å². The van der Waals surface area contributed by atoms with Gasteiger partial charge in [-0.3, -0.25) is 9.59 Å². The van der Waals surface area contributed by atoms with Crippen LogP contribution in [0.1, 0.15) is 57.2 Å². The van der Waals surface area contributed by atoms with E-state index in [-0.39, 0.29) is 55.3 Å². The molecule has 3 aromatic carbocycles. The van der Waals surface area contributed by atoms with Gasteiger partial charge in [-0.15, -0.1) is 6.58 Å². The zero-order valence-corrected chi connectivity index (χ0v) is 38.4. The van der Waals surface area contributed by atoms with Crippen LogP contribution in [0.4, 0.5) is 9.59 Å². The number of carbonyl (C=O) groups is 4. The Morgan fingerprint density at radius 1 is 0.924 bits per heavy atom. The van der Waals surface area contributed by atoms with Crippen molar-refractivity contribution >= 4 is 41.0 Å². The monoisotopic (exact) mass is 899 g/mol. The number of imidazole rings is 2. The van der Waals surface area contributed by atoms with Crippen LogP contribution in [0.2, 0.25) is 0 Å². The maximum Gasteiger partial charge on any atom is 0.407 e. The number of fused-ring (bicyclic) bond motifs is 1. The molecule has 4 amide bonds. The molecular formula is C49H59N10O7+. The molecule has 5 aromatic rings. The molecule has 2 aromatic heterocycles. The summed E-state index contributed by atoms with van der Waals surface area (Å²) in [6, 6.07) is 18.9. The normalized spacial score (nSPS) is 16.5. The van der Waals surface area contributed by atoms with Crippen LogP contribution in [0.3, 0.4) is 0 Å². The third-order valence-corrected chi connectivity index (χ3v) is 12.6. The summed E-state index contributed by atoms with van der Waals surface area (Å²) in [6.07, 6.45) is 8.59. The lowest BCUT2D eigenvalue weighted by molar-refractivity contribution is -0.519. The lowest BCUT2D eigenvalue weighted by atomic mass is 9.98. The van der Waals surface area contributed by atoms with Gasteiger partial charge in [0.1, 0.15) is 23.7 Å². The molecule has 1 saturated heterocycles. The molecular weight excluding hydrogens is 841 g/mol. The van der Waals surface area contributed by atoms with Gasteiger partial charge in [-0.05, 0) is 75.0 Å². The van der Waals surface area contributed by atoms with Crippen molar-refractivity contribution < 1.29 is 33.4 Å². The number of nitrogens with one attached hydrogen (secondary N) is 4. The summed E-state index contributed by atoms with van der Waals surface area (Å²) < 4.78 is 10.3. The molecule has 3 heterocycles. The molecule has 4 N–H and O–H groups in total. The Hall–Kier alpha value is -7.17. The predicted octanol–water partition coefficient (Wildman–Crippen LogP) is 7.08. The number of aromatic nitrogens is 4. The Kier molecular flexibility index (Phi) is 14.4. The minimum Gasteiger partial charge on any atom is -0.453 e. The van der Waals surface area contributed by atoms with Crippen LogP contribution in [0, 0.1) is 22.2 Å². The number of ether oxygens (including phenoxy) is 2. The van der Waals surface area contributed by atoms with Gasteiger partial charge in [-0.25, -0.2) is 19.6 Å². The summed E-state index contributed by atoms with van der Waals surface area (Å²) in [5.41, 5.74) is 5.70. The molecule has 7 rings (SSSR count). The van der Waals surface area contributed by atoms with Crippen LogP contribution < -0.4 is 10.6 Å². The minimum atomic E-state index is -1.01. The van der Waals surface area contributed by atoms with E-state index in [1.165, 1.54) is 21.3 Å². The number of aromatic amines is 2. The lowest BCUT2D eigenvalue weighted by Crippen LogP contribution is -2.51. The van der Waals surface area contributed by atoms with E-state index in [0.29, 0.717) is 17.1 Å². The highest BCUT2D eigenvalue weighted by Gasteiger charge is 2.55. The van der Waals surface area contributed by atoms with E-state index in [9.17, 15) is 24.1 Å². The van der Waals surface area contributed by atoms with E-state index in [1.54, 1.807) is 30.4 Å². The average Bonchev–Trinajstić information content (AvgIpc) is 3.62. The first-order valence-electron chi connectivity index (χ1n) is 22.2. The Morgan fingerprint density at radius 3 is 2.18 bits per heavy atom. The first-order chi connectivity index (χ1) is 31.7. The second-order valence-corrected chi connectivity index (χ2v) is 17.7. The summed E-state index contributed by atoms with van der Waals surface area (Å²) >= 11 is 0. The maximum atomic E-state index is 13.9. The molecule has 2 aliphatic rings. The van der Waals surface area contributed by atoms with Gasteiger partial charge < -0.3 is 44.9 Å². The van der Waals surface area contributed by atoms with E-state index < -0.39 is 30.2 Å². The summed E-state index contributed by atoms with van der Waals surface area (Å²) in [7, 11) is 5.51. The standard InChI is InChI=1S/C49H58N10O7/c1-8-31(24-50-4)27-58(45(60)38(17-20-57(5)64)55-47(62)65-6)28-42-51-25-39(53-42)33-11-9-32(10-12-33)34-13-14-36-22-37(16-15-35(36)21-34)40-26-52-44(54-40)41-23-49(18-19-49)29-59(41)46(61)43(30(2)3)56-48(63)66-7/h8-16,21-22,24-26,30-31,38,41,43H,1,17-20,23,27-29H2,2-7H3,(H3-,51,52,53,54,55,56,62,63)/p+1. The van der Waals surface area contributed by atoms with Gasteiger partial charge in [0.25, 0.3) is 0 Å². The number of rotatable bonds is 18. The number of benzene rings is 3. The predicted molar refractivity (Wildman–Crippen MR) is 251 cm³/mol. The zero-order valence-electron chi connectivity index (χ0n) is 38.4. The van der Waals surface area contributed by atoms with Gasteiger partial charge in [0.05, 0.1) is 50.6 Å². The van der Waals surface area contributed by atoms with Crippen LogP contribution in [-0.2, 0) is 25.6 Å². The Balaban J connectivity index is 1.04. The minimum absolute atomic E-state index is 0.0245. The second kappa shape index (κ2) is 20.3. The van der Waals surface area contributed by atoms with Crippen molar-refractivity contribution in [1.29, 1.82) is 0 Å². The highest BCUT2D eigenvalue weighted by atomic mass is 16.5. The highest BCUT2D eigenvalue weighted by Crippen LogP contribution is 2.58. The summed E-state index contributed by atoms with van der Waals surface area (Å²) in [6.45, 7) is 8.71. The molecule has 0 radical (unpaired) electrons. The molecule has 1 saturated carbocycles. The zero-order chi connectivity index (χ0) is 47.1. The molecule has 4 unspecified atom stereocenters. The molecule has 66 heavy (non-hydrogen) atoms. The van der Waals surface area contributed by atoms with Crippen molar-refractivity contribution in [3.63, 3.8) is 0 Å². The molecule has 2 fully saturated rings. The topological polar surface area (TPSA) is 207 Å². The van der Waals surface area contributed by atoms with Crippen molar-refractivity contribution in [2.45, 2.75) is 64.2 Å². The number of nitroso groups, excluding NO2 is 1. The van der Waals surface area contributed by atoms with Gasteiger partial charge >= 0.3 is 12.2 Å². The van der Waals surface area contributed by atoms with Crippen molar-refractivity contribution in [2.75, 3.05) is 47.9 Å². The molecule has 1 aliphatic carbocycles. The van der Waals surface area contributed by atoms with Crippen molar-refractivity contribution in [3.8, 4) is 33.6 Å². The molecule has 0 bridgehead atoms. The fourth-order valence-corrected chi connectivity index (χ4v) is 8.66. The van der Waals surface area contributed by atoms with Crippen LogP contribution in [-0.4, -0.2) is 125 Å². The number of carbonyl (C=O) groups excluding carboxylic acids is 4. The van der Waals surface area contributed by atoms with E-state index in [1.807, 2.05) is 37.1 Å². The van der Waals surface area contributed by atoms with Gasteiger partial charge in [0.15, 0.2) is 13.6 Å². The molecule has 346 valence electrons. The SMILES string of the molecule is C=CC(C=NC)CN(Cc1ncc(-c2ccc(-c3ccc4cc(-c5cnc(C6CC7(CC7)CN6C(=O)C(NC(=O)OC)C(C)C)[nH]5)ccc4c3)cc2)[nH]1)C(=O)C(CC[N+](C)=O)NC(=O)OC. The van der Waals surface area contributed by atoms with Crippen molar-refractivity contribution in [2.24, 2.45) is 22.2 Å². The van der Waals surface area contributed by atoms with Gasteiger partial charge in [0, 0.05) is 49.2 Å². The maximum absolute atomic E-state index is 13.9. The number of likely N-dealkylation sites (tertiary alicyclic amines) is 1. The molecule has 17 nitrogen and oxygen atoms in total. The van der Waals surface area contributed by atoms with Crippen LogP contribution in [0.15, 0.2) is 90.7 Å². The van der Waals surface area contributed by atoms with Crippen LogP contribution in [0.5, 0.6) is 0 Å². The van der Waals surface area contributed by atoms with Crippen LogP contribution >= 0.6 is 0 Å². The lowest BCUT2D eigenvalue weighted by Gasteiger charge is -2.30. The Bertz CT molecular complexity index is 2610. The quantitative estimate of drug-likeness (QED) is 0.0402. The number of H-pyrrole nitrogens is 2. The number of aliphatic imine (C=N–C) groups is 1. The molecule has 17 heteroatoms. The Morgan fingerprint density at radius 2 is 1.55 bits per heavy atom. The summed E-state index contributed by atoms with van der Waals surface area (Å²) in [4.78, 5) is 87.7. The third-order valence-electron chi connectivity index (χ3n) is 12.6. The molecule has 1 aliphatic heterocycles. The van der Waals surface area contributed by atoms with Crippen molar-refractivity contribution in [3.05, 3.63) is 102 Å². The number of methoxy groups -OCH3 is 2. The van der Waals surface area contributed by atoms with E-state index in [2.05, 4.69) is 85.7 Å². The van der Waals surface area contributed by atoms with Crippen LogP contribution in [0.25, 0.3) is 44.4 Å². The number of nitrogens with zero attached hydrogens (tertiary/aromatic N) is 6. The smallest absolute Gasteiger partial charge is 0.407 e. The fraction of sp³-hybridized carbons (Fsp3) is 0.408. The van der Waals surface area contributed by atoms with Gasteiger partial charge in [0.2, 0.25) is 11.8 Å². The second-order valence-electron chi connectivity index (χ2n) is 17.7. The van der Waals surface area contributed by atoms with Gasteiger partial charge in [-0.2, -0.15) is 0 Å². The highest BCUT2D eigenvalue weighted by molar-refractivity contribution is 5.91. The first-order valence-corrected chi connectivity index (χ1v) is 22.2. The fourth-order valence-electron chi connectivity index (χ4n) is 8.66. The molecule has 1 spiro atoms. The van der Waals surface area contributed by atoms with E-state index in [4.69, 9.17) is 14.5 Å².